The molecule has 0 amide bonds. The molecule has 2 aromatic rings. The van der Waals surface area contributed by atoms with Crippen LogP contribution in [0.1, 0.15) is 32.6 Å². The van der Waals surface area contributed by atoms with E-state index in [0.717, 1.165) is 25.0 Å². The highest BCUT2D eigenvalue weighted by Gasteiger charge is 2.33. The number of hydrogen-bond donors (Lipinski definition) is 1. The van der Waals surface area contributed by atoms with Gasteiger partial charge in [0.2, 0.25) is 10.0 Å². The zero-order valence-corrected chi connectivity index (χ0v) is 16.8. The average Bonchev–Trinajstić information content (AvgIpc) is 3.08. The molecular weight excluding hydrogens is 400 g/mol. The third-order valence-electron chi connectivity index (χ3n) is 5.11. The first-order valence-corrected chi connectivity index (χ1v) is 11.0. The van der Waals surface area contributed by atoms with E-state index in [-0.39, 0.29) is 34.8 Å². The maximum Gasteiger partial charge on any atom is 0.306 e. The van der Waals surface area contributed by atoms with Crippen molar-refractivity contribution in [2.75, 3.05) is 6.61 Å². The fraction of sp³-hybridized carbons (Fsp3) is 0.381. The quantitative estimate of drug-likeness (QED) is 0.683. The Morgan fingerprint density at radius 2 is 1.86 bits per heavy atom. The fourth-order valence-corrected chi connectivity index (χ4v) is 5.01. The van der Waals surface area contributed by atoms with Gasteiger partial charge in [-0.05, 0) is 55.5 Å². The standard InChI is InChI=1S/C21H23F2NO4S/c1-2-28-21(25)12-15-4-3-5-20(15)24-29(26,27)17-9-6-14(7-10-17)18-11-8-16(22)13-19(18)23/h6-11,13,15,20,24H,2-5,12H2,1H3. The van der Waals surface area contributed by atoms with Crippen molar-refractivity contribution in [2.45, 2.75) is 43.5 Å². The van der Waals surface area contributed by atoms with Gasteiger partial charge in [0, 0.05) is 24.1 Å². The van der Waals surface area contributed by atoms with E-state index in [1.54, 1.807) is 6.92 Å². The summed E-state index contributed by atoms with van der Waals surface area (Å²) in [5.74, 6) is -1.82. The first-order chi connectivity index (χ1) is 13.8. The van der Waals surface area contributed by atoms with E-state index in [1.165, 1.54) is 30.3 Å². The van der Waals surface area contributed by atoms with Gasteiger partial charge in [-0.15, -0.1) is 0 Å². The van der Waals surface area contributed by atoms with Gasteiger partial charge in [-0.3, -0.25) is 4.79 Å². The Labute approximate surface area is 169 Å². The Morgan fingerprint density at radius 1 is 1.14 bits per heavy atom. The van der Waals surface area contributed by atoms with Crippen molar-refractivity contribution >= 4 is 16.0 Å². The van der Waals surface area contributed by atoms with Crippen LogP contribution in [0.2, 0.25) is 0 Å². The van der Waals surface area contributed by atoms with Gasteiger partial charge in [0.15, 0.2) is 0 Å². The van der Waals surface area contributed by atoms with Gasteiger partial charge in [-0.1, -0.05) is 18.6 Å². The van der Waals surface area contributed by atoms with Crippen molar-refractivity contribution in [1.29, 1.82) is 0 Å². The van der Waals surface area contributed by atoms with E-state index in [9.17, 15) is 22.0 Å². The molecule has 0 saturated heterocycles. The molecule has 1 N–H and O–H groups in total. The summed E-state index contributed by atoms with van der Waals surface area (Å²) in [6, 6.07) is 8.64. The number of benzene rings is 2. The smallest absolute Gasteiger partial charge is 0.306 e. The molecule has 2 aromatic carbocycles. The number of esters is 1. The molecule has 2 unspecified atom stereocenters. The van der Waals surface area contributed by atoms with Crippen LogP contribution < -0.4 is 4.72 Å². The average molecular weight is 423 g/mol. The number of rotatable bonds is 7. The van der Waals surface area contributed by atoms with Crippen LogP contribution in [-0.2, 0) is 19.6 Å². The molecule has 0 spiro atoms. The number of carbonyl (C=O) groups is 1. The van der Waals surface area contributed by atoms with Gasteiger partial charge in [-0.25, -0.2) is 21.9 Å². The fourth-order valence-electron chi connectivity index (χ4n) is 3.67. The van der Waals surface area contributed by atoms with E-state index in [2.05, 4.69) is 4.72 Å². The van der Waals surface area contributed by atoms with Crippen molar-refractivity contribution < 1.29 is 26.7 Å². The second-order valence-electron chi connectivity index (χ2n) is 7.08. The van der Waals surface area contributed by atoms with Crippen LogP contribution in [0.25, 0.3) is 11.1 Å². The Hall–Kier alpha value is -2.32. The van der Waals surface area contributed by atoms with Crippen LogP contribution in [0.15, 0.2) is 47.4 Å². The minimum absolute atomic E-state index is 0.0468. The summed E-state index contributed by atoms with van der Waals surface area (Å²) in [6.07, 6.45) is 2.43. The highest BCUT2D eigenvalue weighted by Crippen LogP contribution is 2.30. The normalized spacial score (nSPS) is 19.3. The van der Waals surface area contributed by atoms with Gasteiger partial charge in [0.25, 0.3) is 0 Å². The van der Waals surface area contributed by atoms with E-state index in [1.807, 2.05) is 0 Å². The molecule has 3 rings (SSSR count). The van der Waals surface area contributed by atoms with Gasteiger partial charge in [0.1, 0.15) is 11.6 Å². The van der Waals surface area contributed by atoms with E-state index in [0.29, 0.717) is 18.6 Å². The van der Waals surface area contributed by atoms with Crippen molar-refractivity contribution in [3.05, 3.63) is 54.1 Å². The Bertz CT molecular complexity index is 977. The van der Waals surface area contributed by atoms with Gasteiger partial charge < -0.3 is 4.74 Å². The summed E-state index contributed by atoms with van der Waals surface area (Å²) in [6.45, 7) is 2.02. The van der Waals surface area contributed by atoms with E-state index < -0.39 is 21.7 Å². The Morgan fingerprint density at radius 3 is 2.52 bits per heavy atom. The zero-order valence-electron chi connectivity index (χ0n) is 16.0. The lowest BCUT2D eigenvalue weighted by Gasteiger charge is -2.20. The van der Waals surface area contributed by atoms with E-state index >= 15 is 0 Å². The summed E-state index contributed by atoms with van der Waals surface area (Å²) in [7, 11) is -3.80. The van der Waals surface area contributed by atoms with Crippen LogP contribution in [0.4, 0.5) is 8.78 Å². The molecule has 0 aromatic heterocycles. The number of carbonyl (C=O) groups excluding carboxylic acids is 1. The first-order valence-electron chi connectivity index (χ1n) is 9.53. The topological polar surface area (TPSA) is 72.5 Å². The molecule has 1 saturated carbocycles. The molecule has 29 heavy (non-hydrogen) atoms. The van der Waals surface area contributed by atoms with Crippen LogP contribution in [0, 0.1) is 17.6 Å². The lowest BCUT2D eigenvalue weighted by molar-refractivity contribution is -0.144. The van der Waals surface area contributed by atoms with Crippen LogP contribution in [0.3, 0.4) is 0 Å². The first kappa shape index (κ1) is 21.4. The molecule has 156 valence electrons. The molecule has 0 bridgehead atoms. The second-order valence-corrected chi connectivity index (χ2v) is 8.79. The second kappa shape index (κ2) is 9.00. The third-order valence-corrected chi connectivity index (χ3v) is 6.61. The van der Waals surface area contributed by atoms with Crippen molar-refractivity contribution in [1.82, 2.24) is 4.72 Å². The van der Waals surface area contributed by atoms with Crippen LogP contribution >= 0.6 is 0 Å². The monoisotopic (exact) mass is 423 g/mol. The van der Waals surface area contributed by atoms with Crippen molar-refractivity contribution in [3.63, 3.8) is 0 Å². The predicted octanol–water partition coefficient (Wildman–Crippen LogP) is 4.03. The number of ether oxygens (including phenoxy) is 1. The molecule has 1 aliphatic rings. The molecule has 1 fully saturated rings. The molecule has 2 atom stereocenters. The number of hydrogen-bond acceptors (Lipinski definition) is 4. The Balaban J connectivity index is 1.73. The third kappa shape index (κ3) is 5.19. The molecule has 1 aliphatic carbocycles. The van der Waals surface area contributed by atoms with Gasteiger partial charge in [-0.2, -0.15) is 0 Å². The summed E-state index contributed by atoms with van der Waals surface area (Å²) >= 11 is 0. The summed E-state index contributed by atoms with van der Waals surface area (Å²) < 4.78 is 60.2. The minimum Gasteiger partial charge on any atom is -0.466 e. The lowest BCUT2D eigenvalue weighted by Crippen LogP contribution is -2.38. The van der Waals surface area contributed by atoms with Crippen LogP contribution in [0.5, 0.6) is 0 Å². The molecule has 0 aliphatic heterocycles. The maximum absolute atomic E-state index is 13.9. The zero-order chi connectivity index (χ0) is 21.0. The summed E-state index contributed by atoms with van der Waals surface area (Å²) in [5, 5.41) is 0. The minimum atomic E-state index is -3.80. The number of halogens is 2. The lowest BCUT2D eigenvalue weighted by atomic mass is 10.0. The maximum atomic E-state index is 13.9. The van der Waals surface area contributed by atoms with E-state index in [4.69, 9.17) is 4.74 Å². The van der Waals surface area contributed by atoms with Crippen molar-refractivity contribution in [3.8, 4) is 11.1 Å². The van der Waals surface area contributed by atoms with Crippen LogP contribution in [-0.4, -0.2) is 27.0 Å². The molecule has 8 heteroatoms. The van der Waals surface area contributed by atoms with Gasteiger partial charge >= 0.3 is 5.97 Å². The molecular formula is C21H23F2NO4S. The predicted molar refractivity (Wildman–Crippen MR) is 104 cm³/mol. The molecule has 0 heterocycles. The molecule has 5 nitrogen and oxygen atoms in total. The highest BCUT2D eigenvalue weighted by atomic mass is 32.2. The van der Waals surface area contributed by atoms with Gasteiger partial charge in [0.05, 0.1) is 11.5 Å². The summed E-state index contributed by atoms with van der Waals surface area (Å²) in [4.78, 5) is 11.8. The number of sulfonamides is 1. The number of nitrogens with one attached hydrogen (secondary N) is 1. The SMILES string of the molecule is CCOC(=O)CC1CCCC1NS(=O)(=O)c1ccc(-c2ccc(F)cc2F)cc1. The summed E-state index contributed by atoms with van der Waals surface area (Å²) in [5.41, 5.74) is 0.635. The largest absolute Gasteiger partial charge is 0.466 e. The molecule has 0 radical (unpaired) electrons. The Kier molecular flexibility index (Phi) is 6.64. The highest BCUT2D eigenvalue weighted by molar-refractivity contribution is 7.89. The van der Waals surface area contributed by atoms with Crippen molar-refractivity contribution in [2.24, 2.45) is 5.92 Å².